The first kappa shape index (κ1) is 20.1. The van der Waals surface area contributed by atoms with Crippen LogP contribution in [-0.4, -0.2) is 49.7 Å². The lowest BCUT2D eigenvalue weighted by Crippen LogP contribution is -2.30. The van der Waals surface area contributed by atoms with Crippen LogP contribution in [0.15, 0.2) is 18.6 Å². The van der Waals surface area contributed by atoms with Crippen molar-refractivity contribution < 1.29 is 4.79 Å². The number of aromatic nitrogens is 4. The van der Waals surface area contributed by atoms with E-state index in [4.69, 9.17) is 16.9 Å². The van der Waals surface area contributed by atoms with Crippen LogP contribution in [0, 0.1) is 29.1 Å². The summed E-state index contributed by atoms with van der Waals surface area (Å²) in [4.78, 5) is 22.7. The molecule has 2 aromatic heterocycles. The molecule has 2 unspecified atom stereocenters. The zero-order chi connectivity index (χ0) is 21.4. The molecule has 0 spiro atoms. The second-order valence-corrected chi connectivity index (χ2v) is 9.28. The van der Waals surface area contributed by atoms with E-state index in [9.17, 15) is 4.79 Å². The molecule has 9 nitrogen and oxygen atoms in total. The third-order valence-electron chi connectivity index (χ3n) is 6.45. The third-order valence-corrected chi connectivity index (χ3v) is 6.73. The van der Waals surface area contributed by atoms with Gasteiger partial charge < -0.3 is 15.5 Å². The van der Waals surface area contributed by atoms with Crippen molar-refractivity contribution in [2.45, 2.75) is 44.7 Å². The van der Waals surface area contributed by atoms with Gasteiger partial charge in [-0.2, -0.15) is 15.3 Å². The molecule has 3 fully saturated rings. The third kappa shape index (κ3) is 4.59. The molecule has 2 aliphatic carbocycles. The molecular weight excluding hydrogens is 416 g/mol. The highest BCUT2D eigenvalue weighted by molar-refractivity contribution is 6.32. The molecule has 3 heterocycles. The standard InChI is InChI=1S/C21H25ClN8O/c22-18-8-24-21(27-17-7-25-30(12-17)9-13-1-2-13)28-20(18)26-16-5-14-10-29(11-15(14)6-16)19(31)3-4-23/h7-8,12-16H,1-3,5-6,9-11H2,(H2,24,26,27,28). The van der Waals surface area contributed by atoms with Crippen LogP contribution in [0.4, 0.5) is 17.5 Å². The second kappa shape index (κ2) is 8.35. The SMILES string of the molecule is N#CCC(=O)N1CC2CC(Nc3nc(Nc4cnn(CC5CC5)c4)ncc3Cl)CC2C1. The molecule has 1 amide bonds. The summed E-state index contributed by atoms with van der Waals surface area (Å²) < 4.78 is 1.96. The Kier molecular flexibility index (Phi) is 5.40. The quantitative estimate of drug-likeness (QED) is 0.680. The molecule has 3 aliphatic rings. The number of fused-ring (bicyclic) bond motifs is 1. The second-order valence-electron chi connectivity index (χ2n) is 8.88. The van der Waals surface area contributed by atoms with Gasteiger partial charge in [-0.25, -0.2) is 4.98 Å². The molecule has 0 bridgehead atoms. The van der Waals surface area contributed by atoms with Gasteiger partial charge in [-0.1, -0.05) is 11.6 Å². The highest BCUT2D eigenvalue weighted by atomic mass is 35.5. The van der Waals surface area contributed by atoms with Gasteiger partial charge in [0.25, 0.3) is 0 Å². The highest BCUT2D eigenvalue weighted by Crippen LogP contribution is 2.40. The number of nitrogens with one attached hydrogen (secondary N) is 2. The van der Waals surface area contributed by atoms with Gasteiger partial charge in [0.05, 0.1) is 24.2 Å². The van der Waals surface area contributed by atoms with Crippen molar-refractivity contribution in [1.82, 2.24) is 24.6 Å². The number of carbonyl (C=O) groups excluding carboxylic acids is 1. The molecule has 5 rings (SSSR count). The first-order valence-electron chi connectivity index (χ1n) is 10.8. The average molecular weight is 441 g/mol. The first-order valence-corrected chi connectivity index (χ1v) is 11.2. The molecule has 10 heteroatoms. The molecule has 1 saturated heterocycles. The van der Waals surface area contributed by atoms with Crippen LogP contribution in [0.3, 0.4) is 0 Å². The Bertz CT molecular complexity index is 999. The van der Waals surface area contributed by atoms with Gasteiger partial charge in [0.15, 0.2) is 5.82 Å². The number of nitriles is 1. The summed E-state index contributed by atoms with van der Waals surface area (Å²) in [5.41, 5.74) is 0.853. The number of rotatable bonds is 7. The number of carbonyl (C=O) groups is 1. The lowest BCUT2D eigenvalue weighted by Gasteiger charge is -2.20. The van der Waals surface area contributed by atoms with Crippen LogP contribution in [0.1, 0.15) is 32.1 Å². The summed E-state index contributed by atoms with van der Waals surface area (Å²) >= 11 is 6.35. The molecule has 1 aliphatic heterocycles. The van der Waals surface area contributed by atoms with Gasteiger partial charge in [-0.3, -0.25) is 9.48 Å². The van der Waals surface area contributed by atoms with Gasteiger partial charge in [-0.15, -0.1) is 0 Å². The van der Waals surface area contributed by atoms with Crippen LogP contribution >= 0.6 is 11.6 Å². The van der Waals surface area contributed by atoms with Crippen molar-refractivity contribution in [3.05, 3.63) is 23.6 Å². The number of halogens is 1. The summed E-state index contributed by atoms with van der Waals surface area (Å²) in [5.74, 6) is 2.71. The van der Waals surface area contributed by atoms with E-state index in [0.29, 0.717) is 28.6 Å². The summed E-state index contributed by atoms with van der Waals surface area (Å²) in [7, 11) is 0. The van der Waals surface area contributed by atoms with Crippen LogP contribution in [0.5, 0.6) is 0 Å². The van der Waals surface area contributed by atoms with E-state index in [1.165, 1.54) is 12.8 Å². The van der Waals surface area contributed by atoms with Crippen molar-refractivity contribution in [2.24, 2.45) is 17.8 Å². The molecule has 31 heavy (non-hydrogen) atoms. The zero-order valence-electron chi connectivity index (χ0n) is 17.2. The topological polar surface area (TPSA) is 112 Å². The molecule has 2 saturated carbocycles. The maximum absolute atomic E-state index is 12.0. The van der Waals surface area contributed by atoms with E-state index in [-0.39, 0.29) is 18.4 Å². The Labute approximate surface area is 185 Å². The average Bonchev–Trinajstić information content (AvgIpc) is 3.11. The van der Waals surface area contributed by atoms with Gasteiger partial charge >= 0.3 is 0 Å². The Balaban J connectivity index is 1.18. The molecule has 2 N–H and O–H groups in total. The van der Waals surface area contributed by atoms with Crippen molar-refractivity contribution in [3.8, 4) is 6.07 Å². The molecule has 0 aromatic carbocycles. The largest absolute Gasteiger partial charge is 0.366 e. The van der Waals surface area contributed by atoms with Gasteiger partial charge in [-0.05, 0) is 43.4 Å². The molecule has 2 atom stereocenters. The lowest BCUT2D eigenvalue weighted by atomic mass is 10.0. The smallest absolute Gasteiger partial charge is 0.236 e. The molecule has 2 aromatic rings. The van der Waals surface area contributed by atoms with E-state index in [1.807, 2.05) is 21.8 Å². The van der Waals surface area contributed by atoms with Gasteiger partial charge in [0, 0.05) is 31.9 Å². The van der Waals surface area contributed by atoms with Gasteiger partial charge in [0.1, 0.15) is 11.4 Å². The van der Waals surface area contributed by atoms with Crippen molar-refractivity contribution in [1.29, 1.82) is 5.26 Å². The molecule has 0 radical (unpaired) electrons. The predicted molar refractivity (Wildman–Crippen MR) is 116 cm³/mol. The van der Waals surface area contributed by atoms with Crippen LogP contribution < -0.4 is 10.6 Å². The summed E-state index contributed by atoms with van der Waals surface area (Å²) in [6, 6.07) is 2.20. The van der Waals surface area contributed by atoms with Crippen LogP contribution in [0.25, 0.3) is 0 Å². The minimum absolute atomic E-state index is 0.0348. The molecule has 162 valence electrons. The van der Waals surface area contributed by atoms with Crippen LogP contribution in [-0.2, 0) is 11.3 Å². The Hall–Kier alpha value is -2.86. The lowest BCUT2D eigenvalue weighted by molar-refractivity contribution is -0.129. The number of hydrogen-bond acceptors (Lipinski definition) is 7. The fourth-order valence-corrected chi connectivity index (χ4v) is 4.89. The highest BCUT2D eigenvalue weighted by Gasteiger charge is 2.42. The summed E-state index contributed by atoms with van der Waals surface area (Å²) in [6.07, 6.45) is 9.81. The monoisotopic (exact) mass is 440 g/mol. The van der Waals surface area contributed by atoms with E-state index in [2.05, 4.69) is 25.7 Å². The molecular formula is C21H25ClN8O. The predicted octanol–water partition coefficient (Wildman–Crippen LogP) is 3.04. The zero-order valence-corrected chi connectivity index (χ0v) is 17.9. The maximum Gasteiger partial charge on any atom is 0.236 e. The first-order chi connectivity index (χ1) is 15.1. The minimum Gasteiger partial charge on any atom is -0.366 e. The van der Waals surface area contributed by atoms with Crippen molar-refractivity contribution in [3.63, 3.8) is 0 Å². The van der Waals surface area contributed by atoms with E-state index in [0.717, 1.165) is 44.1 Å². The Morgan fingerprint density at radius 2 is 2.03 bits per heavy atom. The van der Waals surface area contributed by atoms with E-state index in [1.54, 1.807) is 12.4 Å². The van der Waals surface area contributed by atoms with Crippen molar-refractivity contribution in [2.75, 3.05) is 23.7 Å². The summed E-state index contributed by atoms with van der Waals surface area (Å²) in [6.45, 7) is 2.43. The number of anilines is 3. The normalized spacial score (nSPS) is 24.6. The fraction of sp³-hybridized carbons (Fsp3) is 0.571. The summed E-state index contributed by atoms with van der Waals surface area (Å²) in [5, 5.41) is 20.3. The number of amides is 1. The number of nitrogens with zero attached hydrogens (tertiary/aromatic N) is 6. The number of likely N-dealkylation sites (tertiary alicyclic amines) is 1. The van der Waals surface area contributed by atoms with E-state index >= 15 is 0 Å². The number of hydrogen-bond donors (Lipinski definition) is 2. The van der Waals surface area contributed by atoms with E-state index < -0.39 is 0 Å². The minimum atomic E-state index is -0.0589. The van der Waals surface area contributed by atoms with Gasteiger partial charge in [0.2, 0.25) is 11.9 Å². The Morgan fingerprint density at radius 3 is 2.74 bits per heavy atom. The Morgan fingerprint density at radius 1 is 1.26 bits per heavy atom. The fourth-order valence-electron chi connectivity index (χ4n) is 4.74. The van der Waals surface area contributed by atoms with Crippen molar-refractivity contribution >= 4 is 35.0 Å². The maximum atomic E-state index is 12.0. The van der Waals surface area contributed by atoms with Crippen LogP contribution in [0.2, 0.25) is 5.02 Å².